The first-order valence-corrected chi connectivity index (χ1v) is 9.74. The highest BCUT2D eigenvalue weighted by Gasteiger charge is 2.33. The summed E-state index contributed by atoms with van der Waals surface area (Å²) in [6.07, 6.45) is 3.98. The number of piperidine rings is 1. The van der Waals surface area contributed by atoms with E-state index in [0.717, 1.165) is 32.2 Å². The van der Waals surface area contributed by atoms with E-state index in [9.17, 15) is 8.42 Å². The number of hydrogen-bond donors (Lipinski definition) is 2. The van der Waals surface area contributed by atoms with Crippen molar-refractivity contribution in [3.05, 3.63) is 0 Å². The average molecular weight is 320 g/mol. The fourth-order valence-electron chi connectivity index (χ4n) is 2.64. The van der Waals surface area contributed by atoms with Crippen LogP contribution in [0.1, 0.15) is 60.3 Å². The second kappa shape index (κ2) is 8.46. The van der Waals surface area contributed by atoms with Gasteiger partial charge in [0.05, 0.1) is 0 Å². The zero-order chi connectivity index (χ0) is 16.0. The molecule has 1 rings (SSSR count). The topological polar surface area (TPSA) is 61.4 Å². The number of nitrogens with one attached hydrogen (secondary N) is 2. The Morgan fingerprint density at radius 1 is 1.19 bits per heavy atom. The minimum Gasteiger partial charge on any atom is -0.313 e. The van der Waals surface area contributed by atoms with Gasteiger partial charge in [-0.1, -0.05) is 40.5 Å². The summed E-state index contributed by atoms with van der Waals surface area (Å²) in [5.41, 5.74) is 0. The largest absolute Gasteiger partial charge is 0.313 e. The first-order valence-electron chi connectivity index (χ1n) is 8.30. The molecule has 0 aromatic rings. The van der Waals surface area contributed by atoms with Gasteiger partial charge in [0.2, 0.25) is 0 Å². The first kappa shape index (κ1) is 18.9. The third-order valence-electron chi connectivity index (χ3n) is 4.48. The molecule has 3 unspecified atom stereocenters. The molecule has 0 saturated carbocycles. The molecule has 1 heterocycles. The van der Waals surface area contributed by atoms with Gasteiger partial charge in [-0.15, -0.1) is 0 Å². The third kappa shape index (κ3) is 5.85. The molecule has 1 saturated heterocycles. The lowest BCUT2D eigenvalue weighted by Crippen LogP contribution is -2.55. The highest BCUT2D eigenvalue weighted by Crippen LogP contribution is 2.20. The van der Waals surface area contributed by atoms with Gasteiger partial charge in [0.1, 0.15) is 0 Å². The van der Waals surface area contributed by atoms with Gasteiger partial charge < -0.3 is 5.32 Å². The lowest BCUT2D eigenvalue weighted by atomic mass is 10.0. The summed E-state index contributed by atoms with van der Waals surface area (Å²) in [5.74, 6) is 0.344. The minimum atomic E-state index is -3.39. The summed E-state index contributed by atoms with van der Waals surface area (Å²) in [7, 11) is -3.39. The monoisotopic (exact) mass is 319 g/mol. The maximum Gasteiger partial charge on any atom is 0.279 e. The smallest absolute Gasteiger partial charge is 0.279 e. The SMILES string of the molecule is CCC(C)C(C)NS(=O)(=O)N1CCCCC1CNC(C)C. The quantitative estimate of drug-likeness (QED) is 0.720. The summed E-state index contributed by atoms with van der Waals surface area (Å²) in [6, 6.07) is 0.423. The summed E-state index contributed by atoms with van der Waals surface area (Å²) in [5, 5.41) is 3.37. The fraction of sp³-hybridized carbons (Fsp3) is 1.00. The summed E-state index contributed by atoms with van der Waals surface area (Å²) in [4.78, 5) is 0. The molecule has 1 aliphatic heterocycles. The van der Waals surface area contributed by atoms with Crippen molar-refractivity contribution < 1.29 is 8.42 Å². The molecule has 1 aliphatic rings. The number of nitrogens with zero attached hydrogens (tertiary/aromatic N) is 1. The van der Waals surface area contributed by atoms with Gasteiger partial charge in [-0.25, -0.2) is 0 Å². The van der Waals surface area contributed by atoms with Crippen molar-refractivity contribution in [2.75, 3.05) is 13.1 Å². The van der Waals surface area contributed by atoms with Crippen LogP contribution in [-0.2, 0) is 10.2 Å². The van der Waals surface area contributed by atoms with E-state index in [1.807, 2.05) is 6.92 Å². The van der Waals surface area contributed by atoms with Gasteiger partial charge in [0.25, 0.3) is 10.2 Å². The predicted octanol–water partition coefficient (Wildman–Crippen LogP) is 2.11. The second-order valence-electron chi connectivity index (χ2n) is 6.62. The molecular weight excluding hydrogens is 286 g/mol. The molecule has 0 radical (unpaired) electrons. The molecular formula is C15H33N3O2S. The molecule has 1 fully saturated rings. The van der Waals surface area contributed by atoms with Crippen LogP contribution in [-0.4, -0.2) is 43.9 Å². The molecule has 126 valence electrons. The Balaban J connectivity index is 2.72. The van der Waals surface area contributed by atoms with Crippen LogP contribution < -0.4 is 10.0 Å². The van der Waals surface area contributed by atoms with Crippen molar-refractivity contribution in [3.8, 4) is 0 Å². The van der Waals surface area contributed by atoms with E-state index >= 15 is 0 Å². The van der Waals surface area contributed by atoms with Crippen LogP contribution >= 0.6 is 0 Å². The standard InChI is InChI=1S/C15H33N3O2S/c1-6-13(4)14(5)17-21(19,20)18-10-8-7-9-15(18)11-16-12(2)3/h12-17H,6-11H2,1-5H3. The molecule has 5 nitrogen and oxygen atoms in total. The molecule has 3 atom stereocenters. The van der Waals surface area contributed by atoms with Crippen LogP contribution in [0, 0.1) is 5.92 Å². The zero-order valence-electron chi connectivity index (χ0n) is 14.2. The number of rotatable bonds is 8. The Hall–Kier alpha value is -0.170. The van der Waals surface area contributed by atoms with E-state index in [-0.39, 0.29) is 12.1 Å². The molecule has 0 aromatic heterocycles. The highest BCUT2D eigenvalue weighted by atomic mass is 32.2. The maximum absolute atomic E-state index is 12.7. The summed E-state index contributed by atoms with van der Waals surface area (Å²) in [6.45, 7) is 11.7. The van der Waals surface area contributed by atoms with Crippen molar-refractivity contribution in [1.82, 2.24) is 14.3 Å². The summed E-state index contributed by atoms with van der Waals surface area (Å²) >= 11 is 0. The lowest BCUT2D eigenvalue weighted by Gasteiger charge is -2.36. The molecule has 0 amide bonds. The van der Waals surface area contributed by atoms with E-state index < -0.39 is 10.2 Å². The van der Waals surface area contributed by atoms with Gasteiger partial charge in [-0.05, 0) is 25.7 Å². The van der Waals surface area contributed by atoms with Gasteiger partial charge in [0.15, 0.2) is 0 Å². The van der Waals surface area contributed by atoms with E-state index in [2.05, 4.69) is 37.7 Å². The van der Waals surface area contributed by atoms with Crippen LogP contribution in [0.3, 0.4) is 0 Å². The predicted molar refractivity (Wildman–Crippen MR) is 88.5 cm³/mol. The van der Waals surface area contributed by atoms with Gasteiger partial charge in [-0.2, -0.15) is 17.4 Å². The molecule has 0 aliphatic carbocycles. The van der Waals surface area contributed by atoms with Crippen LogP contribution in [0.5, 0.6) is 0 Å². The molecule has 2 N–H and O–H groups in total. The highest BCUT2D eigenvalue weighted by molar-refractivity contribution is 7.87. The zero-order valence-corrected chi connectivity index (χ0v) is 15.0. The van der Waals surface area contributed by atoms with Gasteiger partial charge >= 0.3 is 0 Å². The van der Waals surface area contributed by atoms with Crippen LogP contribution in [0.15, 0.2) is 0 Å². The minimum absolute atomic E-state index is 0.0272. The Morgan fingerprint density at radius 2 is 1.86 bits per heavy atom. The Morgan fingerprint density at radius 3 is 2.43 bits per heavy atom. The molecule has 0 bridgehead atoms. The maximum atomic E-state index is 12.7. The molecule has 0 aromatic carbocycles. The van der Waals surface area contributed by atoms with Gasteiger partial charge in [-0.3, -0.25) is 0 Å². The van der Waals surface area contributed by atoms with Crippen molar-refractivity contribution >= 4 is 10.2 Å². The van der Waals surface area contributed by atoms with E-state index in [4.69, 9.17) is 0 Å². The van der Waals surface area contributed by atoms with Crippen molar-refractivity contribution in [1.29, 1.82) is 0 Å². The Kier molecular flexibility index (Phi) is 7.60. The van der Waals surface area contributed by atoms with Crippen LogP contribution in [0.25, 0.3) is 0 Å². The average Bonchev–Trinajstić information content (AvgIpc) is 2.43. The van der Waals surface area contributed by atoms with E-state index in [0.29, 0.717) is 18.5 Å². The Labute approximate surface area is 131 Å². The van der Waals surface area contributed by atoms with Gasteiger partial charge in [0, 0.05) is 31.2 Å². The fourth-order valence-corrected chi connectivity index (χ4v) is 4.42. The second-order valence-corrected chi connectivity index (χ2v) is 8.28. The lowest BCUT2D eigenvalue weighted by molar-refractivity contribution is 0.236. The van der Waals surface area contributed by atoms with E-state index in [1.165, 1.54) is 0 Å². The molecule has 6 heteroatoms. The normalized spacial score (nSPS) is 24.2. The molecule has 21 heavy (non-hydrogen) atoms. The van der Waals surface area contributed by atoms with Crippen molar-refractivity contribution in [2.45, 2.75) is 78.4 Å². The Bertz CT molecular complexity index is 398. The van der Waals surface area contributed by atoms with Crippen molar-refractivity contribution in [2.24, 2.45) is 5.92 Å². The van der Waals surface area contributed by atoms with Crippen molar-refractivity contribution in [3.63, 3.8) is 0 Å². The van der Waals surface area contributed by atoms with E-state index in [1.54, 1.807) is 4.31 Å². The summed E-state index contributed by atoms with van der Waals surface area (Å²) < 4.78 is 29.9. The van der Waals surface area contributed by atoms with Crippen LogP contribution in [0.4, 0.5) is 0 Å². The molecule has 0 spiro atoms. The number of hydrogen-bond acceptors (Lipinski definition) is 3. The van der Waals surface area contributed by atoms with Crippen LogP contribution in [0.2, 0.25) is 0 Å². The first-order chi connectivity index (χ1) is 9.77. The third-order valence-corrected chi connectivity index (χ3v) is 6.24.